The Morgan fingerprint density at radius 3 is 2.96 bits per heavy atom. The lowest BCUT2D eigenvalue weighted by molar-refractivity contribution is 0.0789. The normalized spacial score (nSPS) is 23.3. The first-order valence-corrected chi connectivity index (χ1v) is 8.46. The summed E-state index contributed by atoms with van der Waals surface area (Å²) in [7, 11) is 0. The standard InChI is InChI=1S/C17H24N4O3/c1-12-2-3-14(9-18-12)16(22)21-6-4-15(10-21)20-17(23)19-8-13-5-7-24-11-13/h2-3,9,13,15H,4-8,10-11H2,1H3,(H2,19,20,23)/t13-,15?/m1/s1. The fraction of sp³-hybridized carbons (Fsp3) is 0.588. The molecule has 2 saturated heterocycles. The molecule has 1 unspecified atom stereocenters. The Morgan fingerprint density at radius 1 is 1.38 bits per heavy atom. The Bertz CT molecular complexity index is 584. The summed E-state index contributed by atoms with van der Waals surface area (Å²) in [5.74, 6) is 0.377. The average Bonchev–Trinajstić information content (AvgIpc) is 3.25. The molecule has 0 aromatic carbocycles. The van der Waals surface area contributed by atoms with E-state index in [2.05, 4.69) is 15.6 Å². The molecule has 24 heavy (non-hydrogen) atoms. The van der Waals surface area contributed by atoms with E-state index in [0.717, 1.165) is 31.7 Å². The van der Waals surface area contributed by atoms with E-state index >= 15 is 0 Å². The van der Waals surface area contributed by atoms with Crippen LogP contribution in [0.15, 0.2) is 18.3 Å². The number of hydrogen-bond acceptors (Lipinski definition) is 4. The summed E-state index contributed by atoms with van der Waals surface area (Å²) in [5, 5.41) is 5.84. The number of nitrogens with zero attached hydrogens (tertiary/aromatic N) is 2. The smallest absolute Gasteiger partial charge is 0.315 e. The van der Waals surface area contributed by atoms with Crippen molar-refractivity contribution in [3.8, 4) is 0 Å². The van der Waals surface area contributed by atoms with Crippen LogP contribution in [0.25, 0.3) is 0 Å². The van der Waals surface area contributed by atoms with Crippen molar-refractivity contribution in [3.63, 3.8) is 0 Å². The van der Waals surface area contributed by atoms with Gasteiger partial charge in [-0.05, 0) is 31.9 Å². The van der Waals surface area contributed by atoms with Crippen molar-refractivity contribution in [2.24, 2.45) is 5.92 Å². The third-order valence-electron chi connectivity index (χ3n) is 4.54. The molecule has 2 atom stereocenters. The van der Waals surface area contributed by atoms with Crippen LogP contribution in [0.1, 0.15) is 28.9 Å². The summed E-state index contributed by atoms with van der Waals surface area (Å²) in [6.45, 7) is 5.20. The van der Waals surface area contributed by atoms with Crippen LogP contribution in [0.3, 0.4) is 0 Å². The van der Waals surface area contributed by atoms with Crippen LogP contribution >= 0.6 is 0 Å². The van der Waals surface area contributed by atoms with Crippen molar-refractivity contribution < 1.29 is 14.3 Å². The Kier molecular flexibility index (Phi) is 5.30. The maximum atomic E-state index is 12.4. The maximum Gasteiger partial charge on any atom is 0.315 e. The lowest BCUT2D eigenvalue weighted by Crippen LogP contribution is -2.45. The molecule has 0 saturated carbocycles. The van der Waals surface area contributed by atoms with Crippen LogP contribution in [0.4, 0.5) is 4.79 Å². The first-order valence-electron chi connectivity index (χ1n) is 8.46. The number of carbonyl (C=O) groups excluding carboxylic acids is 2. The summed E-state index contributed by atoms with van der Waals surface area (Å²) in [4.78, 5) is 30.3. The van der Waals surface area contributed by atoms with E-state index in [1.165, 1.54) is 0 Å². The molecular weight excluding hydrogens is 308 g/mol. The van der Waals surface area contributed by atoms with E-state index in [4.69, 9.17) is 4.74 Å². The van der Waals surface area contributed by atoms with Crippen molar-refractivity contribution in [2.45, 2.75) is 25.8 Å². The van der Waals surface area contributed by atoms with Gasteiger partial charge in [0.25, 0.3) is 5.91 Å². The van der Waals surface area contributed by atoms with Crippen molar-refractivity contribution in [3.05, 3.63) is 29.6 Å². The molecule has 3 rings (SSSR count). The maximum absolute atomic E-state index is 12.4. The Morgan fingerprint density at radius 2 is 2.25 bits per heavy atom. The van der Waals surface area contributed by atoms with Gasteiger partial charge >= 0.3 is 6.03 Å². The molecule has 2 aliphatic rings. The molecule has 0 aliphatic carbocycles. The van der Waals surface area contributed by atoms with E-state index in [1.807, 2.05) is 13.0 Å². The number of carbonyl (C=O) groups is 2. The zero-order valence-corrected chi connectivity index (χ0v) is 14.0. The summed E-state index contributed by atoms with van der Waals surface area (Å²) in [6.07, 6.45) is 3.37. The van der Waals surface area contributed by atoms with Gasteiger partial charge in [-0.1, -0.05) is 0 Å². The number of urea groups is 1. The summed E-state index contributed by atoms with van der Waals surface area (Å²) >= 11 is 0. The summed E-state index contributed by atoms with van der Waals surface area (Å²) in [5.41, 5.74) is 1.48. The van der Waals surface area contributed by atoms with Gasteiger partial charge in [0.05, 0.1) is 12.2 Å². The molecule has 7 nitrogen and oxygen atoms in total. The lowest BCUT2D eigenvalue weighted by atomic mass is 10.1. The highest BCUT2D eigenvalue weighted by Gasteiger charge is 2.28. The molecule has 0 bridgehead atoms. The quantitative estimate of drug-likeness (QED) is 0.859. The topological polar surface area (TPSA) is 83.6 Å². The number of amides is 3. The fourth-order valence-electron chi connectivity index (χ4n) is 3.06. The van der Waals surface area contributed by atoms with Crippen molar-refractivity contribution in [2.75, 3.05) is 32.8 Å². The predicted molar refractivity (Wildman–Crippen MR) is 88.7 cm³/mol. The number of aryl methyl sites for hydroxylation is 1. The molecule has 7 heteroatoms. The molecule has 3 amide bonds. The molecule has 130 valence electrons. The number of aromatic nitrogens is 1. The van der Waals surface area contributed by atoms with Gasteiger partial charge in [-0.3, -0.25) is 9.78 Å². The van der Waals surface area contributed by atoms with Crippen LogP contribution in [-0.2, 0) is 4.74 Å². The monoisotopic (exact) mass is 332 g/mol. The van der Waals surface area contributed by atoms with E-state index < -0.39 is 0 Å². The molecule has 2 aliphatic heterocycles. The molecule has 1 aromatic heterocycles. The van der Waals surface area contributed by atoms with Crippen LogP contribution in [0.2, 0.25) is 0 Å². The van der Waals surface area contributed by atoms with Gasteiger partial charge in [0.2, 0.25) is 0 Å². The van der Waals surface area contributed by atoms with Crippen LogP contribution in [0.5, 0.6) is 0 Å². The minimum absolute atomic E-state index is 0.00724. The van der Waals surface area contributed by atoms with Crippen LogP contribution < -0.4 is 10.6 Å². The van der Waals surface area contributed by atoms with Crippen LogP contribution in [0, 0.1) is 12.8 Å². The number of rotatable bonds is 4. The molecule has 3 heterocycles. The number of pyridine rings is 1. The molecule has 2 N–H and O–H groups in total. The minimum atomic E-state index is -0.168. The SMILES string of the molecule is Cc1ccc(C(=O)N2CCC(NC(=O)NC[C@H]3CCOC3)C2)cn1. The van der Waals surface area contributed by atoms with Crippen LogP contribution in [-0.4, -0.2) is 60.7 Å². The van der Waals surface area contributed by atoms with Gasteiger partial charge in [-0.2, -0.15) is 0 Å². The average molecular weight is 332 g/mol. The first kappa shape index (κ1) is 16.7. The lowest BCUT2D eigenvalue weighted by Gasteiger charge is -2.18. The Labute approximate surface area is 141 Å². The van der Waals surface area contributed by atoms with E-state index in [0.29, 0.717) is 31.1 Å². The second-order valence-corrected chi connectivity index (χ2v) is 6.51. The van der Waals surface area contributed by atoms with Gasteiger partial charge in [0, 0.05) is 50.1 Å². The number of ether oxygens (including phenoxy) is 1. The second-order valence-electron chi connectivity index (χ2n) is 6.51. The number of hydrogen-bond donors (Lipinski definition) is 2. The third-order valence-corrected chi connectivity index (χ3v) is 4.54. The highest BCUT2D eigenvalue weighted by molar-refractivity contribution is 5.94. The van der Waals surface area contributed by atoms with Gasteiger partial charge in [0.1, 0.15) is 0 Å². The second kappa shape index (κ2) is 7.61. The molecule has 0 radical (unpaired) electrons. The Hall–Kier alpha value is -2.15. The summed E-state index contributed by atoms with van der Waals surface area (Å²) in [6, 6.07) is 3.45. The zero-order valence-electron chi connectivity index (χ0n) is 14.0. The van der Waals surface area contributed by atoms with Crippen molar-refractivity contribution in [1.82, 2.24) is 20.5 Å². The van der Waals surface area contributed by atoms with E-state index in [1.54, 1.807) is 17.2 Å². The first-order chi connectivity index (χ1) is 11.6. The summed E-state index contributed by atoms with van der Waals surface area (Å²) < 4.78 is 5.29. The Balaban J connectivity index is 1.43. The highest BCUT2D eigenvalue weighted by atomic mass is 16.5. The minimum Gasteiger partial charge on any atom is -0.381 e. The predicted octanol–water partition coefficient (Wildman–Crippen LogP) is 0.940. The van der Waals surface area contributed by atoms with E-state index in [9.17, 15) is 9.59 Å². The molecule has 1 aromatic rings. The van der Waals surface area contributed by atoms with Gasteiger partial charge in [-0.15, -0.1) is 0 Å². The largest absolute Gasteiger partial charge is 0.381 e. The van der Waals surface area contributed by atoms with Gasteiger partial charge in [0.15, 0.2) is 0 Å². The number of likely N-dealkylation sites (tertiary alicyclic amines) is 1. The number of nitrogens with one attached hydrogen (secondary N) is 2. The van der Waals surface area contributed by atoms with Gasteiger partial charge < -0.3 is 20.3 Å². The van der Waals surface area contributed by atoms with E-state index in [-0.39, 0.29) is 18.0 Å². The van der Waals surface area contributed by atoms with Crippen molar-refractivity contribution in [1.29, 1.82) is 0 Å². The fourth-order valence-corrected chi connectivity index (χ4v) is 3.06. The third kappa shape index (κ3) is 4.23. The highest BCUT2D eigenvalue weighted by Crippen LogP contribution is 2.14. The molecule has 0 spiro atoms. The molecule has 2 fully saturated rings. The van der Waals surface area contributed by atoms with Gasteiger partial charge in [-0.25, -0.2) is 4.79 Å². The molecular formula is C17H24N4O3. The van der Waals surface area contributed by atoms with Crippen molar-refractivity contribution >= 4 is 11.9 Å². The zero-order chi connectivity index (χ0) is 16.9.